The largest absolute Gasteiger partial charge is 0.457 e. The molecule has 0 radical (unpaired) electrons. The normalized spacial score (nSPS) is 14.2. The van der Waals surface area contributed by atoms with E-state index in [0.717, 1.165) is 55.7 Å². The van der Waals surface area contributed by atoms with Gasteiger partial charge in [-0.15, -0.1) is 0 Å². The molecule has 1 aliphatic rings. The summed E-state index contributed by atoms with van der Waals surface area (Å²) >= 11 is 0. The number of hydrogen-bond donors (Lipinski definition) is 3. The summed E-state index contributed by atoms with van der Waals surface area (Å²) in [6, 6.07) is 19.5. The van der Waals surface area contributed by atoms with Crippen LogP contribution in [0.3, 0.4) is 0 Å². The monoisotopic (exact) mass is 527 g/mol. The van der Waals surface area contributed by atoms with Crippen LogP contribution in [0.25, 0.3) is 10.9 Å². The number of amides is 3. The summed E-state index contributed by atoms with van der Waals surface area (Å²) in [4.78, 5) is 34.0. The first-order valence-electron chi connectivity index (χ1n) is 13.1. The van der Waals surface area contributed by atoms with Gasteiger partial charge in [0.2, 0.25) is 0 Å². The Morgan fingerprint density at radius 2 is 1.72 bits per heavy atom. The number of fused-ring (bicyclic) bond motifs is 1. The van der Waals surface area contributed by atoms with Gasteiger partial charge in [-0.05, 0) is 62.5 Å². The number of hydrogen-bond acceptors (Lipinski definition) is 6. The van der Waals surface area contributed by atoms with Crippen LogP contribution in [0.15, 0.2) is 79.1 Å². The van der Waals surface area contributed by atoms with E-state index in [4.69, 9.17) is 4.74 Å². The molecule has 0 saturated carbocycles. The molecule has 202 valence electrons. The average molecular weight is 528 g/mol. The maximum atomic E-state index is 12.7. The molecule has 3 N–H and O–H groups in total. The minimum Gasteiger partial charge on any atom is -0.457 e. The summed E-state index contributed by atoms with van der Waals surface area (Å²) in [6.45, 7) is 5.89. The second-order valence-corrected chi connectivity index (χ2v) is 9.56. The molecular weight excluding hydrogens is 494 g/mol. The third kappa shape index (κ3) is 7.13. The van der Waals surface area contributed by atoms with Gasteiger partial charge in [-0.2, -0.15) is 0 Å². The Labute approximate surface area is 227 Å². The van der Waals surface area contributed by atoms with Gasteiger partial charge in [0, 0.05) is 62.3 Å². The van der Waals surface area contributed by atoms with E-state index in [9.17, 15) is 9.59 Å². The predicted octanol–water partition coefficient (Wildman–Crippen LogP) is 4.67. The molecule has 3 heterocycles. The minimum absolute atomic E-state index is 0.243. The fourth-order valence-electron chi connectivity index (χ4n) is 4.48. The Bertz CT molecular complexity index is 1410. The molecule has 0 spiro atoms. The van der Waals surface area contributed by atoms with Crippen molar-refractivity contribution in [3.8, 4) is 11.5 Å². The van der Waals surface area contributed by atoms with Gasteiger partial charge in [0.1, 0.15) is 17.3 Å². The number of likely N-dealkylation sites (N-methyl/N-ethyl adjacent to an activating group) is 1. The van der Waals surface area contributed by atoms with Crippen LogP contribution >= 0.6 is 0 Å². The molecule has 2 aromatic carbocycles. The van der Waals surface area contributed by atoms with E-state index in [2.05, 4.69) is 37.8 Å². The topological polar surface area (TPSA) is 104 Å². The third-order valence-corrected chi connectivity index (χ3v) is 6.65. The molecule has 2 aromatic heterocycles. The Hall–Kier alpha value is -4.41. The molecule has 4 aromatic rings. The number of ether oxygens (including phenoxy) is 1. The van der Waals surface area contributed by atoms with Crippen LogP contribution in [-0.2, 0) is 0 Å². The summed E-state index contributed by atoms with van der Waals surface area (Å²) in [5.74, 6) is 1.54. The molecule has 5 rings (SSSR count). The highest BCUT2D eigenvalue weighted by Crippen LogP contribution is 2.27. The zero-order valence-corrected chi connectivity index (χ0v) is 22.0. The fourth-order valence-corrected chi connectivity index (χ4v) is 4.48. The molecule has 3 amide bonds. The lowest BCUT2D eigenvalue weighted by atomic mass is 10.2. The highest BCUT2D eigenvalue weighted by atomic mass is 16.5. The van der Waals surface area contributed by atoms with Crippen molar-refractivity contribution in [2.75, 3.05) is 56.9 Å². The molecule has 39 heavy (non-hydrogen) atoms. The van der Waals surface area contributed by atoms with Crippen molar-refractivity contribution in [2.24, 2.45) is 0 Å². The summed E-state index contributed by atoms with van der Waals surface area (Å²) in [5.41, 5.74) is 1.49. The maximum absolute atomic E-state index is 12.7. The zero-order chi connectivity index (χ0) is 27.0. The van der Waals surface area contributed by atoms with Crippen molar-refractivity contribution in [1.82, 2.24) is 24.7 Å². The second kappa shape index (κ2) is 12.4. The van der Waals surface area contributed by atoms with Crippen LogP contribution in [0.4, 0.5) is 21.1 Å². The van der Waals surface area contributed by atoms with E-state index in [1.54, 1.807) is 35.2 Å². The van der Waals surface area contributed by atoms with Gasteiger partial charge in [0.15, 0.2) is 0 Å². The average Bonchev–Trinajstić information content (AvgIpc) is 3.36. The molecule has 10 nitrogen and oxygen atoms in total. The number of pyridine rings is 1. The molecule has 1 fully saturated rings. The number of piperazine rings is 1. The van der Waals surface area contributed by atoms with Crippen molar-refractivity contribution >= 4 is 34.5 Å². The molecule has 0 bridgehead atoms. The van der Waals surface area contributed by atoms with Gasteiger partial charge in [-0.25, -0.2) is 14.6 Å². The van der Waals surface area contributed by atoms with Crippen LogP contribution in [-0.4, -0.2) is 77.7 Å². The van der Waals surface area contributed by atoms with E-state index in [-0.39, 0.29) is 12.1 Å². The van der Waals surface area contributed by atoms with Crippen LogP contribution in [0.1, 0.15) is 6.42 Å². The maximum Gasteiger partial charge on any atom is 0.330 e. The lowest BCUT2D eigenvalue weighted by Gasteiger charge is -2.32. The number of benzene rings is 2. The number of nitrogens with one attached hydrogen (secondary N) is 3. The van der Waals surface area contributed by atoms with E-state index in [1.165, 1.54) is 0 Å². The number of carbonyl (C=O) groups is 2. The zero-order valence-electron chi connectivity index (χ0n) is 22.0. The lowest BCUT2D eigenvalue weighted by Crippen LogP contribution is -2.45. The summed E-state index contributed by atoms with van der Waals surface area (Å²) in [6.07, 6.45) is 4.21. The van der Waals surface area contributed by atoms with Gasteiger partial charge in [-0.3, -0.25) is 9.88 Å². The fraction of sp³-hybridized carbons (Fsp3) is 0.276. The SMILES string of the molecule is CN1CCN(CCCNC(=O)Nc2cc(Oc3ccc4c(ccn4C(=O)Nc4ccccc4)c3)ccn2)CC1. The number of urea groups is 1. The predicted molar refractivity (Wildman–Crippen MR) is 153 cm³/mol. The van der Waals surface area contributed by atoms with Crippen molar-refractivity contribution in [3.05, 3.63) is 79.1 Å². The Morgan fingerprint density at radius 3 is 2.54 bits per heavy atom. The van der Waals surface area contributed by atoms with Crippen LogP contribution in [0.2, 0.25) is 0 Å². The van der Waals surface area contributed by atoms with Crippen LogP contribution in [0, 0.1) is 0 Å². The standard InChI is InChI=1S/C29H33N7O3/c1-34-16-18-35(19-17-34)14-5-12-31-28(37)33-27-21-25(10-13-30-27)39-24-8-9-26-22(20-24)11-15-36(26)29(38)32-23-6-3-2-4-7-23/h2-4,6-11,13,15,20-21H,5,12,14,16-19H2,1H3,(H,32,38)(H2,30,31,33,37). The molecule has 0 aliphatic carbocycles. The molecular formula is C29H33N7O3. The van der Waals surface area contributed by atoms with Crippen LogP contribution in [0.5, 0.6) is 11.5 Å². The third-order valence-electron chi connectivity index (χ3n) is 6.65. The highest BCUT2D eigenvalue weighted by Gasteiger charge is 2.13. The smallest absolute Gasteiger partial charge is 0.330 e. The number of anilines is 2. The first-order valence-corrected chi connectivity index (χ1v) is 13.1. The van der Waals surface area contributed by atoms with Gasteiger partial charge in [0.25, 0.3) is 0 Å². The van der Waals surface area contributed by atoms with Gasteiger partial charge >= 0.3 is 12.1 Å². The first-order chi connectivity index (χ1) is 19.0. The van der Waals surface area contributed by atoms with E-state index in [1.807, 2.05) is 48.5 Å². The Kier molecular flexibility index (Phi) is 8.35. The van der Waals surface area contributed by atoms with Crippen molar-refractivity contribution in [1.29, 1.82) is 0 Å². The molecule has 10 heteroatoms. The minimum atomic E-state index is -0.297. The van der Waals surface area contributed by atoms with Crippen molar-refractivity contribution < 1.29 is 14.3 Å². The van der Waals surface area contributed by atoms with Gasteiger partial charge in [-0.1, -0.05) is 18.2 Å². The summed E-state index contributed by atoms with van der Waals surface area (Å²) in [5, 5.41) is 9.41. The number of para-hydroxylation sites is 1. The van der Waals surface area contributed by atoms with Crippen LogP contribution < -0.4 is 20.7 Å². The summed E-state index contributed by atoms with van der Waals surface area (Å²) in [7, 11) is 2.14. The van der Waals surface area contributed by atoms with Crippen molar-refractivity contribution in [2.45, 2.75) is 6.42 Å². The number of rotatable bonds is 8. The Morgan fingerprint density at radius 1 is 0.923 bits per heavy atom. The van der Waals surface area contributed by atoms with Crippen molar-refractivity contribution in [3.63, 3.8) is 0 Å². The number of aromatic nitrogens is 2. The first kappa shape index (κ1) is 26.2. The number of nitrogens with zero attached hydrogens (tertiary/aromatic N) is 4. The highest BCUT2D eigenvalue weighted by molar-refractivity contribution is 5.98. The number of carbonyl (C=O) groups excluding carboxylic acids is 2. The van der Waals surface area contributed by atoms with Gasteiger partial charge < -0.3 is 25.2 Å². The Balaban J connectivity index is 1.13. The molecule has 1 saturated heterocycles. The van der Waals surface area contributed by atoms with E-state index >= 15 is 0 Å². The molecule has 0 unspecified atom stereocenters. The van der Waals surface area contributed by atoms with Gasteiger partial charge in [0.05, 0.1) is 5.52 Å². The molecule has 1 aliphatic heterocycles. The quantitative estimate of drug-likeness (QED) is 0.288. The van der Waals surface area contributed by atoms with E-state index in [0.29, 0.717) is 23.9 Å². The van der Waals surface area contributed by atoms with E-state index < -0.39 is 0 Å². The lowest BCUT2D eigenvalue weighted by molar-refractivity contribution is 0.153. The molecule has 0 atom stereocenters. The summed E-state index contributed by atoms with van der Waals surface area (Å²) < 4.78 is 7.58. The second-order valence-electron chi connectivity index (χ2n) is 9.56.